The molecule has 0 radical (unpaired) electrons. The lowest BCUT2D eigenvalue weighted by molar-refractivity contribution is 0.0698. The number of carbonyl (C=O) groups is 3. The van der Waals surface area contributed by atoms with Gasteiger partial charge >= 0.3 is 5.97 Å². The molecule has 1 aliphatic rings. The monoisotopic (exact) mass is 301 g/mol. The highest BCUT2D eigenvalue weighted by Crippen LogP contribution is 2.35. The number of nitrogens with zero attached hydrogens (tertiary/aromatic N) is 1. The molecule has 104 valence electrons. The van der Waals surface area contributed by atoms with Crippen LogP contribution in [-0.2, 0) is 0 Å². The first-order valence-electron chi connectivity index (χ1n) is 6.02. The molecule has 2 amide bonds. The average Bonchev–Trinajstić information content (AvgIpc) is 2.72. The van der Waals surface area contributed by atoms with E-state index in [-0.39, 0.29) is 27.4 Å². The quantitative estimate of drug-likeness (QED) is 0.866. The molecule has 0 bridgehead atoms. The van der Waals surface area contributed by atoms with Crippen LogP contribution >= 0.6 is 11.6 Å². The lowest BCUT2D eigenvalue weighted by Gasteiger charge is -2.17. The van der Waals surface area contributed by atoms with Crippen LogP contribution in [0.2, 0.25) is 5.02 Å². The summed E-state index contributed by atoms with van der Waals surface area (Å²) >= 11 is 6.02. The first-order valence-corrected chi connectivity index (χ1v) is 6.40. The Balaban J connectivity index is 2.23. The number of halogens is 1. The van der Waals surface area contributed by atoms with E-state index in [1.165, 1.54) is 30.3 Å². The van der Waals surface area contributed by atoms with Crippen LogP contribution in [0, 0.1) is 0 Å². The Labute approximate surface area is 124 Å². The minimum Gasteiger partial charge on any atom is -0.478 e. The van der Waals surface area contributed by atoms with Gasteiger partial charge in [-0.25, -0.2) is 9.69 Å². The molecule has 0 saturated heterocycles. The fourth-order valence-electron chi connectivity index (χ4n) is 2.31. The maximum Gasteiger partial charge on any atom is 0.337 e. The predicted octanol–water partition coefficient (Wildman–Crippen LogP) is 2.84. The zero-order chi connectivity index (χ0) is 15.1. The van der Waals surface area contributed by atoms with Crippen molar-refractivity contribution in [1.82, 2.24) is 0 Å². The fourth-order valence-corrected chi connectivity index (χ4v) is 2.57. The predicted molar refractivity (Wildman–Crippen MR) is 76.0 cm³/mol. The number of anilines is 1. The number of amides is 2. The summed E-state index contributed by atoms with van der Waals surface area (Å²) in [5, 5.41) is 9.26. The van der Waals surface area contributed by atoms with Gasteiger partial charge in [0.1, 0.15) is 0 Å². The summed E-state index contributed by atoms with van der Waals surface area (Å²) in [6.07, 6.45) is 0. The lowest BCUT2D eigenvalue weighted by atomic mass is 10.1. The second kappa shape index (κ2) is 4.71. The van der Waals surface area contributed by atoms with E-state index in [4.69, 9.17) is 11.6 Å². The SMILES string of the molecule is O=C(O)c1cccc(Cl)c1N1C(=O)c2ccccc2C1=O. The van der Waals surface area contributed by atoms with Crippen LogP contribution < -0.4 is 4.90 Å². The van der Waals surface area contributed by atoms with Crippen LogP contribution in [0.3, 0.4) is 0 Å². The third-order valence-corrected chi connectivity index (χ3v) is 3.54. The minimum atomic E-state index is -1.26. The highest BCUT2D eigenvalue weighted by Gasteiger charge is 2.39. The summed E-state index contributed by atoms with van der Waals surface area (Å²) in [6, 6.07) is 10.5. The van der Waals surface area contributed by atoms with Gasteiger partial charge in [-0.2, -0.15) is 0 Å². The number of benzene rings is 2. The second-order valence-corrected chi connectivity index (χ2v) is 4.84. The first kappa shape index (κ1) is 13.3. The number of fused-ring (bicyclic) bond motifs is 1. The smallest absolute Gasteiger partial charge is 0.337 e. The number of carboxylic acids is 1. The number of hydrogen-bond acceptors (Lipinski definition) is 3. The summed E-state index contributed by atoms with van der Waals surface area (Å²) in [4.78, 5) is 36.9. The molecule has 0 unspecified atom stereocenters. The summed E-state index contributed by atoms with van der Waals surface area (Å²) in [5.41, 5.74) is 0.174. The summed E-state index contributed by atoms with van der Waals surface area (Å²) < 4.78 is 0. The van der Waals surface area contributed by atoms with Crippen molar-refractivity contribution in [2.24, 2.45) is 0 Å². The van der Waals surface area contributed by atoms with Crippen LogP contribution in [-0.4, -0.2) is 22.9 Å². The molecule has 2 aromatic carbocycles. The van der Waals surface area contributed by atoms with Crippen LogP contribution in [0.15, 0.2) is 42.5 Å². The average molecular weight is 302 g/mol. The van der Waals surface area contributed by atoms with E-state index >= 15 is 0 Å². The number of carbonyl (C=O) groups excluding carboxylic acids is 2. The molecule has 5 nitrogen and oxygen atoms in total. The van der Waals surface area contributed by atoms with E-state index in [0.717, 1.165) is 4.90 Å². The molecule has 0 fully saturated rings. The Morgan fingerprint density at radius 1 is 0.952 bits per heavy atom. The van der Waals surface area contributed by atoms with Crippen LogP contribution in [0.4, 0.5) is 5.69 Å². The maximum atomic E-state index is 12.4. The Bertz CT molecular complexity index is 765. The molecule has 21 heavy (non-hydrogen) atoms. The molecule has 0 spiro atoms. The number of rotatable bonds is 2. The highest BCUT2D eigenvalue weighted by atomic mass is 35.5. The highest BCUT2D eigenvalue weighted by molar-refractivity contribution is 6.40. The van der Waals surface area contributed by atoms with Crippen molar-refractivity contribution in [2.45, 2.75) is 0 Å². The Morgan fingerprint density at radius 3 is 2.05 bits per heavy atom. The number of aromatic carboxylic acids is 1. The standard InChI is InChI=1S/C15H8ClNO4/c16-11-7-3-6-10(15(20)21)12(11)17-13(18)8-4-1-2-5-9(8)14(17)19/h1-7H,(H,20,21). The molecule has 1 N–H and O–H groups in total. The topological polar surface area (TPSA) is 74.7 Å². The van der Waals surface area contributed by atoms with Gasteiger partial charge in [0.25, 0.3) is 11.8 Å². The van der Waals surface area contributed by atoms with E-state index in [1.54, 1.807) is 12.1 Å². The summed E-state index contributed by atoms with van der Waals surface area (Å²) in [6.45, 7) is 0. The number of para-hydroxylation sites is 1. The molecule has 0 aliphatic carbocycles. The molecule has 3 rings (SSSR count). The van der Waals surface area contributed by atoms with Crippen molar-refractivity contribution >= 4 is 35.1 Å². The van der Waals surface area contributed by atoms with E-state index in [0.29, 0.717) is 0 Å². The fraction of sp³-hybridized carbons (Fsp3) is 0. The lowest BCUT2D eigenvalue weighted by Crippen LogP contribution is -2.31. The van der Waals surface area contributed by atoms with Gasteiger partial charge in [-0.05, 0) is 24.3 Å². The van der Waals surface area contributed by atoms with Gasteiger partial charge in [0.05, 0.1) is 27.4 Å². The van der Waals surface area contributed by atoms with Gasteiger partial charge in [0.15, 0.2) is 0 Å². The van der Waals surface area contributed by atoms with Crippen LogP contribution in [0.25, 0.3) is 0 Å². The van der Waals surface area contributed by atoms with Gasteiger partial charge in [-0.15, -0.1) is 0 Å². The number of carboxylic acid groups (broad SMARTS) is 1. The minimum absolute atomic E-state index is 0.0319. The third-order valence-electron chi connectivity index (χ3n) is 3.23. The zero-order valence-corrected chi connectivity index (χ0v) is 11.3. The van der Waals surface area contributed by atoms with Gasteiger partial charge in [0.2, 0.25) is 0 Å². The molecular weight excluding hydrogens is 294 g/mol. The Hall–Kier alpha value is -2.66. The summed E-state index contributed by atoms with van der Waals surface area (Å²) in [5.74, 6) is -2.42. The van der Waals surface area contributed by atoms with Crippen molar-refractivity contribution in [3.05, 3.63) is 64.2 Å². The van der Waals surface area contributed by atoms with Crippen molar-refractivity contribution in [3.63, 3.8) is 0 Å². The van der Waals surface area contributed by atoms with Gasteiger partial charge in [-0.1, -0.05) is 29.8 Å². The molecule has 0 atom stereocenters. The van der Waals surface area contributed by atoms with Crippen molar-refractivity contribution in [1.29, 1.82) is 0 Å². The normalized spacial score (nSPS) is 13.5. The van der Waals surface area contributed by atoms with Crippen molar-refractivity contribution < 1.29 is 19.5 Å². The largest absolute Gasteiger partial charge is 0.478 e. The van der Waals surface area contributed by atoms with Gasteiger partial charge < -0.3 is 5.11 Å². The van der Waals surface area contributed by atoms with Crippen LogP contribution in [0.1, 0.15) is 31.1 Å². The molecule has 6 heteroatoms. The molecule has 0 saturated carbocycles. The van der Waals surface area contributed by atoms with E-state index in [9.17, 15) is 19.5 Å². The van der Waals surface area contributed by atoms with E-state index in [1.807, 2.05) is 0 Å². The molecule has 1 heterocycles. The summed E-state index contributed by atoms with van der Waals surface area (Å²) in [7, 11) is 0. The molecule has 0 aromatic heterocycles. The second-order valence-electron chi connectivity index (χ2n) is 4.43. The van der Waals surface area contributed by atoms with Crippen LogP contribution in [0.5, 0.6) is 0 Å². The van der Waals surface area contributed by atoms with E-state index in [2.05, 4.69) is 0 Å². The van der Waals surface area contributed by atoms with Gasteiger partial charge in [0, 0.05) is 0 Å². The molecule has 2 aromatic rings. The first-order chi connectivity index (χ1) is 10.0. The van der Waals surface area contributed by atoms with Crippen molar-refractivity contribution in [2.75, 3.05) is 4.90 Å². The third kappa shape index (κ3) is 1.90. The van der Waals surface area contributed by atoms with Gasteiger partial charge in [-0.3, -0.25) is 9.59 Å². The number of hydrogen-bond donors (Lipinski definition) is 1. The van der Waals surface area contributed by atoms with E-state index < -0.39 is 17.8 Å². The Morgan fingerprint density at radius 2 is 1.52 bits per heavy atom. The zero-order valence-electron chi connectivity index (χ0n) is 10.5. The Kier molecular flexibility index (Phi) is 2.99. The molecule has 1 aliphatic heterocycles. The van der Waals surface area contributed by atoms with Crippen molar-refractivity contribution in [3.8, 4) is 0 Å². The number of imide groups is 1. The maximum absolute atomic E-state index is 12.4. The molecular formula is C15H8ClNO4.